The minimum atomic E-state index is -0.471. The summed E-state index contributed by atoms with van der Waals surface area (Å²) in [5.74, 6) is 0.506. The zero-order chi connectivity index (χ0) is 23.8. The number of fused-ring (bicyclic) bond motifs is 3. The van der Waals surface area contributed by atoms with Crippen LogP contribution < -0.4 is 15.6 Å². The molecule has 0 unspecified atom stereocenters. The molecule has 10 nitrogen and oxygen atoms in total. The number of aryl methyl sites for hydroxylation is 1. The highest BCUT2D eigenvalue weighted by molar-refractivity contribution is 6.06. The van der Waals surface area contributed by atoms with Gasteiger partial charge in [-0.2, -0.15) is 4.98 Å². The number of methoxy groups -OCH3 is 1. The summed E-state index contributed by atoms with van der Waals surface area (Å²) in [5.41, 5.74) is 1.13. The number of hydrogen-bond donors (Lipinski definition) is 1. The van der Waals surface area contributed by atoms with Gasteiger partial charge in [-0.05, 0) is 49.4 Å². The van der Waals surface area contributed by atoms with Crippen LogP contribution in [0.3, 0.4) is 0 Å². The summed E-state index contributed by atoms with van der Waals surface area (Å²) in [6.45, 7) is 1.50. The lowest BCUT2D eigenvalue weighted by molar-refractivity contribution is -0.116. The van der Waals surface area contributed by atoms with Crippen LogP contribution in [-0.2, 0) is 17.9 Å². The highest BCUT2D eigenvalue weighted by Gasteiger charge is 2.20. The van der Waals surface area contributed by atoms with Crippen LogP contribution in [0, 0.1) is 12.7 Å². The van der Waals surface area contributed by atoms with Crippen molar-refractivity contribution in [3.63, 3.8) is 0 Å². The zero-order valence-corrected chi connectivity index (χ0v) is 18.3. The summed E-state index contributed by atoms with van der Waals surface area (Å²) in [5, 5.41) is 6.96. The molecule has 0 aliphatic heterocycles. The van der Waals surface area contributed by atoms with Crippen LogP contribution in [0.1, 0.15) is 11.7 Å². The summed E-state index contributed by atoms with van der Waals surface area (Å²) in [6.07, 6.45) is 1.34. The second kappa shape index (κ2) is 8.43. The van der Waals surface area contributed by atoms with Crippen molar-refractivity contribution in [2.75, 3.05) is 12.4 Å². The Hall–Kier alpha value is -4.54. The molecule has 5 rings (SSSR count). The topological polar surface area (TPSA) is 117 Å². The molecular weight excluding hydrogens is 443 g/mol. The van der Waals surface area contributed by atoms with E-state index in [0.717, 1.165) is 0 Å². The van der Waals surface area contributed by atoms with Gasteiger partial charge < -0.3 is 19.1 Å². The Labute approximate surface area is 191 Å². The summed E-state index contributed by atoms with van der Waals surface area (Å²) < 4.78 is 27.1. The van der Waals surface area contributed by atoms with Gasteiger partial charge >= 0.3 is 0 Å². The number of anilines is 1. The molecule has 5 aromatic rings. The number of halogens is 1. The lowest BCUT2D eigenvalue weighted by Crippen LogP contribution is -2.25. The van der Waals surface area contributed by atoms with Crippen LogP contribution in [0.5, 0.6) is 5.75 Å². The predicted molar refractivity (Wildman–Crippen MR) is 121 cm³/mol. The highest BCUT2D eigenvalue weighted by Crippen LogP contribution is 2.26. The molecule has 11 heteroatoms. The van der Waals surface area contributed by atoms with Crippen molar-refractivity contribution in [3.8, 4) is 5.75 Å². The van der Waals surface area contributed by atoms with Crippen LogP contribution in [-0.4, -0.2) is 37.3 Å². The third-order valence-electron chi connectivity index (χ3n) is 5.34. The van der Waals surface area contributed by atoms with Crippen LogP contribution in [0.2, 0.25) is 0 Å². The third kappa shape index (κ3) is 3.87. The fraction of sp³-hybridized carbons (Fsp3) is 0.174. The van der Waals surface area contributed by atoms with Crippen molar-refractivity contribution >= 4 is 33.5 Å². The number of carbonyl (C=O) groups is 1. The van der Waals surface area contributed by atoms with Gasteiger partial charge in [0.15, 0.2) is 5.82 Å². The Kier molecular flexibility index (Phi) is 5.28. The maximum atomic E-state index is 14.0. The molecule has 34 heavy (non-hydrogen) atoms. The van der Waals surface area contributed by atoms with E-state index in [4.69, 9.17) is 9.26 Å². The van der Waals surface area contributed by atoms with E-state index in [9.17, 15) is 14.0 Å². The maximum Gasteiger partial charge on any atom is 0.278 e. The first-order chi connectivity index (χ1) is 16.4. The molecule has 3 aromatic heterocycles. The predicted octanol–water partition coefficient (Wildman–Crippen LogP) is 2.88. The summed E-state index contributed by atoms with van der Waals surface area (Å²) in [7, 11) is 1.55. The van der Waals surface area contributed by atoms with E-state index in [2.05, 4.69) is 20.4 Å². The van der Waals surface area contributed by atoms with Gasteiger partial charge in [0.1, 0.15) is 35.7 Å². The molecule has 1 N–H and O–H groups in total. The van der Waals surface area contributed by atoms with Crippen molar-refractivity contribution in [2.24, 2.45) is 0 Å². The van der Waals surface area contributed by atoms with Gasteiger partial charge in [0, 0.05) is 11.1 Å². The number of benzene rings is 2. The van der Waals surface area contributed by atoms with Gasteiger partial charge in [0.05, 0.1) is 19.0 Å². The minimum absolute atomic E-state index is 0.0105. The molecule has 0 spiro atoms. The molecule has 0 saturated carbocycles. The van der Waals surface area contributed by atoms with E-state index in [1.54, 1.807) is 38.3 Å². The largest absolute Gasteiger partial charge is 0.497 e. The van der Waals surface area contributed by atoms with Gasteiger partial charge in [-0.15, -0.1) is 0 Å². The van der Waals surface area contributed by atoms with Gasteiger partial charge in [-0.3, -0.25) is 14.2 Å². The van der Waals surface area contributed by atoms with Gasteiger partial charge in [0.2, 0.25) is 11.8 Å². The Morgan fingerprint density at radius 1 is 1.21 bits per heavy atom. The molecular formula is C23H19FN6O4. The van der Waals surface area contributed by atoms with Crippen molar-refractivity contribution in [3.05, 3.63) is 76.7 Å². The smallest absolute Gasteiger partial charge is 0.278 e. The van der Waals surface area contributed by atoms with E-state index in [1.165, 1.54) is 33.7 Å². The Morgan fingerprint density at radius 3 is 2.71 bits per heavy atom. The number of carbonyl (C=O) groups excluding carboxylic acids is 1. The molecule has 0 aliphatic carbocycles. The molecule has 0 radical (unpaired) electrons. The van der Waals surface area contributed by atoms with Gasteiger partial charge in [0.25, 0.3) is 5.56 Å². The maximum absolute atomic E-state index is 14.0. The number of nitrogens with one attached hydrogen (secondary N) is 1. The van der Waals surface area contributed by atoms with Crippen molar-refractivity contribution in [2.45, 2.75) is 20.0 Å². The molecule has 172 valence electrons. The number of amides is 1. The Morgan fingerprint density at radius 2 is 2.00 bits per heavy atom. The number of aromatic nitrogens is 5. The fourth-order valence-electron chi connectivity index (χ4n) is 3.82. The summed E-state index contributed by atoms with van der Waals surface area (Å²) >= 11 is 0. The summed E-state index contributed by atoms with van der Waals surface area (Å²) in [6, 6.07) is 11.0. The van der Waals surface area contributed by atoms with E-state index >= 15 is 0 Å². The molecule has 1 amide bonds. The second-order valence-corrected chi connectivity index (χ2v) is 7.63. The second-order valence-electron chi connectivity index (χ2n) is 7.63. The van der Waals surface area contributed by atoms with Crippen molar-refractivity contribution in [1.29, 1.82) is 0 Å². The monoisotopic (exact) mass is 462 g/mol. The fourth-order valence-corrected chi connectivity index (χ4v) is 3.82. The van der Waals surface area contributed by atoms with Crippen LogP contribution in [0.25, 0.3) is 21.9 Å². The SMILES string of the molecule is COc1ccc(NC(=O)Cn2c3ccc(F)cc3c3ncn(Cc4nc(C)no4)c(=O)c32)cc1. The summed E-state index contributed by atoms with van der Waals surface area (Å²) in [4.78, 5) is 34.8. The van der Waals surface area contributed by atoms with Gasteiger partial charge in [-0.1, -0.05) is 5.16 Å². The van der Waals surface area contributed by atoms with Crippen molar-refractivity contribution < 1.29 is 18.4 Å². The molecule has 0 saturated heterocycles. The average Bonchev–Trinajstić information content (AvgIpc) is 3.37. The van der Waals surface area contributed by atoms with E-state index in [1.807, 2.05) is 0 Å². The lowest BCUT2D eigenvalue weighted by atomic mass is 10.2. The third-order valence-corrected chi connectivity index (χ3v) is 5.34. The van der Waals surface area contributed by atoms with Crippen LogP contribution >= 0.6 is 0 Å². The first kappa shape index (κ1) is 21.3. The van der Waals surface area contributed by atoms with Crippen LogP contribution in [0.15, 0.2) is 58.1 Å². The van der Waals surface area contributed by atoms with E-state index in [-0.39, 0.29) is 30.4 Å². The molecule has 0 fully saturated rings. The number of nitrogens with zero attached hydrogens (tertiary/aromatic N) is 5. The molecule has 0 aliphatic rings. The zero-order valence-electron chi connectivity index (χ0n) is 18.3. The molecule has 3 heterocycles. The standard InChI is InChI=1S/C23H19FN6O4/c1-13-26-20(34-28-13)11-29-12-25-21-17-9-14(24)3-8-18(17)30(22(21)23(29)32)10-19(31)27-15-4-6-16(33-2)7-5-15/h3-9,12H,10-11H2,1-2H3,(H,27,31). The van der Waals surface area contributed by atoms with Gasteiger partial charge in [-0.25, -0.2) is 9.37 Å². The number of rotatable bonds is 6. The van der Waals surface area contributed by atoms with E-state index < -0.39 is 11.4 Å². The lowest BCUT2D eigenvalue weighted by Gasteiger charge is -2.10. The normalized spacial score (nSPS) is 11.3. The molecule has 0 atom stereocenters. The van der Waals surface area contributed by atoms with Crippen LogP contribution in [0.4, 0.5) is 10.1 Å². The van der Waals surface area contributed by atoms with Crippen molar-refractivity contribution in [1.82, 2.24) is 24.3 Å². The quantitative estimate of drug-likeness (QED) is 0.412. The molecule has 2 aromatic carbocycles. The minimum Gasteiger partial charge on any atom is -0.497 e. The molecule has 0 bridgehead atoms. The van der Waals surface area contributed by atoms with E-state index in [0.29, 0.717) is 33.7 Å². The first-order valence-corrected chi connectivity index (χ1v) is 10.3. The average molecular weight is 462 g/mol. The highest BCUT2D eigenvalue weighted by atomic mass is 19.1. The Balaban J connectivity index is 1.57. The first-order valence-electron chi connectivity index (χ1n) is 10.3. The Bertz CT molecular complexity index is 1590. The number of hydrogen-bond acceptors (Lipinski definition) is 7. The number of ether oxygens (including phenoxy) is 1.